The van der Waals surface area contributed by atoms with E-state index in [0.29, 0.717) is 34.6 Å². The first kappa shape index (κ1) is 24.4. The van der Waals surface area contributed by atoms with Crippen LogP contribution in [0.1, 0.15) is 15.9 Å². The fourth-order valence-corrected chi connectivity index (χ4v) is 3.92. The number of nitro groups is 1. The Morgan fingerprint density at radius 3 is 2.50 bits per heavy atom. The van der Waals surface area contributed by atoms with E-state index in [1.54, 1.807) is 41.1 Å². The van der Waals surface area contributed by atoms with Crippen molar-refractivity contribution >= 4 is 22.6 Å². The van der Waals surface area contributed by atoms with Gasteiger partial charge in [0.2, 0.25) is 0 Å². The van der Waals surface area contributed by atoms with E-state index in [1.165, 1.54) is 29.2 Å². The van der Waals surface area contributed by atoms with Crippen LogP contribution < -0.4 is 15.6 Å². The van der Waals surface area contributed by atoms with Crippen LogP contribution in [0.2, 0.25) is 0 Å². The molecule has 5 aromatic rings. The van der Waals surface area contributed by atoms with Crippen LogP contribution in [0.15, 0.2) is 96.2 Å². The summed E-state index contributed by atoms with van der Waals surface area (Å²) in [6.07, 6.45) is 2.86. The lowest BCUT2D eigenvalue weighted by molar-refractivity contribution is -0.384. The van der Waals surface area contributed by atoms with Crippen molar-refractivity contribution in [1.82, 2.24) is 24.6 Å². The van der Waals surface area contributed by atoms with Crippen LogP contribution in [0.5, 0.6) is 11.5 Å². The summed E-state index contributed by atoms with van der Waals surface area (Å²) in [7, 11) is 0. The highest BCUT2D eigenvalue weighted by Gasteiger charge is 2.14. The molecule has 2 heterocycles. The van der Waals surface area contributed by atoms with E-state index in [2.05, 4.69) is 15.4 Å². The number of rotatable bonds is 9. The third-order valence-corrected chi connectivity index (χ3v) is 5.83. The fourth-order valence-electron chi connectivity index (χ4n) is 3.92. The van der Waals surface area contributed by atoms with Crippen molar-refractivity contribution in [1.29, 1.82) is 0 Å². The second kappa shape index (κ2) is 10.7. The molecule has 0 spiro atoms. The maximum absolute atomic E-state index is 13.0. The first-order valence-corrected chi connectivity index (χ1v) is 11.7. The first-order chi connectivity index (χ1) is 18.5. The lowest BCUT2D eigenvalue weighted by atomic mass is 10.2. The number of nitrogens with zero attached hydrogens (tertiary/aromatic N) is 5. The largest absolute Gasteiger partial charge is 0.457 e. The van der Waals surface area contributed by atoms with Gasteiger partial charge in [-0.05, 0) is 29.8 Å². The monoisotopic (exact) mass is 510 g/mol. The lowest BCUT2D eigenvalue weighted by Crippen LogP contribution is -2.28. The van der Waals surface area contributed by atoms with Crippen LogP contribution in [0.3, 0.4) is 0 Å². The quantitative estimate of drug-likeness (QED) is 0.236. The predicted molar refractivity (Wildman–Crippen MR) is 139 cm³/mol. The Hall–Kier alpha value is -5.32. The Labute approximate surface area is 216 Å². The van der Waals surface area contributed by atoms with Gasteiger partial charge in [0.15, 0.2) is 5.65 Å². The van der Waals surface area contributed by atoms with Crippen molar-refractivity contribution in [3.8, 4) is 11.5 Å². The van der Waals surface area contributed by atoms with Gasteiger partial charge >= 0.3 is 0 Å². The summed E-state index contributed by atoms with van der Waals surface area (Å²) in [5.41, 5.74) is 1.22. The molecular weight excluding hydrogens is 488 g/mol. The molecule has 190 valence electrons. The molecule has 0 saturated carbocycles. The molecule has 1 amide bonds. The summed E-state index contributed by atoms with van der Waals surface area (Å²) in [6, 6.07) is 22.2. The van der Waals surface area contributed by atoms with E-state index >= 15 is 0 Å². The molecule has 3 aromatic carbocycles. The number of ether oxygens (including phenoxy) is 1. The fraction of sp³-hybridized carbons (Fsp3) is 0.111. The zero-order chi connectivity index (χ0) is 26.5. The molecular formula is C27H22N6O5. The number of hydrogen-bond acceptors (Lipinski definition) is 7. The van der Waals surface area contributed by atoms with Crippen LogP contribution in [0, 0.1) is 10.1 Å². The zero-order valence-corrected chi connectivity index (χ0v) is 20.1. The Balaban J connectivity index is 1.24. The molecule has 0 atom stereocenters. The van der Waals surface area contributed by atoms with Gasteiger partial charge < -0.3 is 10.1 Å². The van der Waals surface area contributed by atoms with E-state index < -0.39 is 4.92 Å². The summed E-state index contributed by atoms with van der Waals surface area (Å²) >= 11 is 0. The third-order valence-electron chi connectivity index (χ3n) is 5.83. The maximum Gasteiger partial charge on any atom is 0.269 e. The van der Waals surface area contributed by atoms with E-state index in [4.69, 9.17) is 4.74 Å². The van der Waals surface area contributed by atoms with Gasteiger partial charge in [-0.1, -0.05) is 42.5 Å². The number of nitrogens with one attached hydrogen (secondary N) is 1. The summed E-state index contributed by atoms with van der Waals surface area (Å²) < 4.78 is 8.84. The number of hydrogen-bond donors (Lipinski definition) is 1. The van der Waals surface area contributed by atoms with Crippen molar-refractivity contribution < 1.29 is 14.5 Å². The Morgan fingerprint density at radius 1 is 1.00 bits per heavy atom. The third kappa shape index (κ3) is 5.26. The normalized spacial score (nSPS) is 10.8. The minimum absolute atomic E-state index is 0.0183. The molecule has 1 N–H and O–H groups in total. The number of fused-ring (bicyclic) bond motifs is 1. The highest BCUT2D eigenvalue weighted by atomic mass is 16.6. The minimum atomic E-state index is -0.475. The van der Waals surface area contributed by atoms with E-state index in [1.807, 2.05) is 30.3 Å². The molecule has 11 nitrogen and oxygen atoms in total. The average molecular weight is 511 g/mol. The molecule has 0 radical (unpaired) electrons. The number of amides is 1. The van der Waals surface area contributed by atoms with Crippen molar-refractivity contribution in [2.45, 2.75) is 13.1 Å². The molecule has 0 unspecified atom stereocenters. The van der Waals surface area contributed by atoms with Crippen molar-refractivity contribution in [2.24, 2.45) is 0 Å². The van der Waals surface area contributed by atoms with Crippen LogP contribution in [0.25, 0.3) is 11.0 Å². The number of aromatic nitrogens is 4. The molecule has 38 heavy (non-hydrogen) atoms. The standard InChI is InChI=1S/C27H22N6O5/c34-26(22-8-4-5-9-24(22)38-21-6-2-1-3-7-21)28-14-15-32-25-23(16-30-32)27(35)31(18-29-25)17-19-10-12-20(13-11-19)33(36)37/h1-13,16,18H,14-15,17H2,(H,28,34). The Morgan fingerprint density at radius 2 is 1.74 bits per heavy atom. The molecule has 5 rings (SSSR count). The molecule has 0 fully saturated rings. The number of para-hydroxylation sites is 2. The Kier molecular flexibility index (Phi) is 6.89. The van der Waals surface area contributed by atoms with Gasteiger partial charge in [0, 0.05) is 18.7 Å². The smallest absolute Gasteiger partial charge is 0.269 e. The van der Waals surface area contributed by atoms with Crippen LogP contribution in [-0.2, 0) is 13.1 Å². The second-order valence-electron chi connectivity index (χ2n) is 8.37. The van der Waals surface area contributed by atoms with E-state index in [-0.39, 0.29) is 30.2 Å². The number of carbonyl (C=O) groups is 1. The van der Waals surface area contributed by atoms with Gasteiger partial charge in [-0.3, -0.25) is 24.3 Å². The number of benzene rings is 3. The predicted octanol–water partition coefficient (Wildman–Crippen LogP) is 3.77. The average Bonchev–Trinajstić information content (AvgIpc) is 3.35. The number of nitro benzene ring substituents is 1. The molecule has 0 aliphatic carbocycles. The topological polar surface area (TPSA) is 134 Å². The molecule has 0 aliphatic heterocycles. The van der Waals surface area contributed by atoms with Gasteiger partial charge in [0.05, 0.1) is 29.8 Å². The summed E-state index contributed by atoms with van der Waals surface area (Å²) in [6.45, 7) is 0.768. The second-order valence-corrected chi connectivity index (χ2v) is 8.37. The molecule has 0 bridgehead atoms. The van der Waals surface area contributed by atoms with E-state index in [9.17, 15) is 19.7 Å². The first-order valence-electron chi connectivity index (χ1n) is 11.7. The molecule has 0 saturated heterocycles. The SMILES string of the molecule is O=C(NCCn1ncc2c(=O)n(Cc3ccc([N+](=O)[O-])cc3)cnc21)c1ccccc1Oc1ccccc1. The summed E-state index contributed by atoms with van der Waals surface area (Å²) in [4.78, 5) is 40.6. The molecule has 0 aliphatic rings. The van der Waals surface area contributed by atoms with Crippen molar-refractivity contribution in [2.75, 3.05) is 6.54 Å². The van der Waals surface area contributed by atoms with Gasteiger partial charge in [0.1, 0.15) is 23.2 Å². The molecule has 11 heteroatoms. The number of non-ortho nitro benzene ring substituents is 1. The van der Waals surface area contributed by atoms with Crippen molar-refractivity contribution in [3.63, 3.8) is 0 Å². The highest BCUT2D eigenvalue weighted by molar-refractivity contribution is 5.97. The molecule has 2 aromatic heterocycles. The lowest BCUT2D eigenvalue weighted by Gasteiger charge is -2.11. The van der Waals surface area contributed by atoms with Crippen molar-refractivity contribution in [3.05, 3.63) is 123 Å². The van der Waals surface area contributed by atoms with Crippen LogP contribution in [-0.4, -0.2) is 36.7 Å². The van der Waals surface area contributed by atoms with Gasteiger partial charge in [-0.2, -0.15) is 5.10 Å². The highest BCUT2D eigenvalue weighted by Crippen LogP contribution is 2.25. The van der Waals surface area contributed by atoms with E-state index in [0.717, 1.165) is 5.56 Å². The van der Waals surface area contributed by atoms with Crippen LogP contribution >= 0.6 is 0 Å². The van der Waals surface area contributed by atoms with Gasteiger partial charge in [0.25, 0.3) is 17.2 Å². The Bertz CT molecular complexity index is 1660. The van der Waals surface area contributed by atoms with Gasteiger partial charge in [-0.25, -0.2) is 9.67 Å². The zero-order valence-electron chi connectivity index (χ0n) is 20.1. The van der Waals surface area contributed by atoms with Crippen LogP contribution in [0.4, 0.5) is 5.69 Å². The summed E-state index contributed by atoms with van der Waals surface area (Å²) in [5.74, 6) is 0.767. The number of carbonyl (C=O) groups excluding carboxylic acids is 1. The minimum Gasteiger partial charge on any atom is -0.457 e. The summed E-state index contributed by atoms with van der Waals surface area (Å²) in [5, 5.41) is 18.3. The van der Waals surface area contributed by atoms with Gasteiger partial charge in [-0.15, -0.1) is 0 Å². The maximum atomic E-state index is 13.0.